The molecule has 0 aliphatic rings. The van der Waals surface area contributed by atoms with Crippen molar-refractivity contribution in [1.29, 1.82) is 0 Å². The van der Waals surface area contributed by atoms with Crippen LogP contribution in [0.2, 0.25) is 0 Å². The zero-order valence-electron chi connectivity index (χ0n) is 13.7. The summed E-state index contributed by atoms with van der Waals surface area (Å²) in [7, 11) is -3.60. The first kappa shape index (κ1) is 21.1. The van der Waals surface area contributed by atoms with Crippen LogP contribution in [-0.2, 0) is 14.8 Å². The Kier molecular flexibility index (Phi) is 13.2. The number of hydrogen-bond donors (Lipinski definition) is 2. The maximum atomic E-state index is 11.4. The second kappa shape index (κ2) is 13.8. The predicted octanol–water partition coefficient (Wildman–Crippen LogP) is 3.82. The Hall–Kier alpha value is -0.880. The molecule has 5 nitrogen and oxygen atoms in total. The number of nitrogens with one attached hydrogen (secondary N) is 1. The molecule has 0 heterocycles. The van der Waals surface area contributed by atoms with Gasteiger partial charge in [0, 0.05) is 5.41 Å². The highest BCUT2D eigenvalue weighted by Crippen LogP contribution is 2.11. The molecule has 0 aromatic heterocycles. The van der Waals surface area contributed by atoms with Crippen LogP contribution < -0.4 is 4.72 Å². The molecular formula is C16H31NO4S. The summed E-state index contributed by atoms with van der Waals surface area (Å²) in [6, 6.07) is 0. The standard InChI is InChI=1S/C16H31NO4S/c1-2-3-4-5-6-7-8-9-10-11-12-13-14-22(20,21)17-15-16(18)19/h13-14,17H,2-12,15H2,1H3,(H,18,19)/b14-13+. The van der Waals surface area contributed by atoms with Gasteiger partial charge in [-0.2, -0.15) is 0 Å². The predicted molar refractivity (Wildman–Crippen MR) is 90.2 cm³/mol. The van der Waals surface area contributed by atoms with E-state index in [0.717, 1.165) is 18.2 Å². The van der Waals surface area contributed by atoms with Crippen LogP contribution in [0.15, 0.2) is 11.5 Å². The monoisotopic (exact) mass is 333 g/mol. The number of allylic oxidation sites excluding steroid dienone is 1. The van der Waals surface area contributed by atoms with Gasteiger partial charge in [-0.3, -0.25) is 4.79 Å². The zero-order valence-corrected chi connectivity index (χ0v) is 14.5. The molecule has 0 fully saturated rings. The second-order valence-corrected chi connectivity index (χ2v) is 7.25. The number of carbonyl (C=O) groups is 1. The van der Waals surface area contributed by atoms with Crippen LogP contribution in [0.3, 0.4) is 0 Å². The van der Waals surface area contributed by atoms with Crippen LogP contribution in [0.1, 0.15) is 77.6 Å². The lowest BCUT2D eigenvalue weighted by atomic mass is 10.1. The van der Waals surface area contributed by atoms with Crippen molar-refractivity contribution in [3.05, 3.63) is 11.5 Å². The largest absolute Gasteiger partial charge is 0.480 e. The van der Waals surface area contributed by atoms with E-state index >= 15 is 0 Å². The lowest BCUT2D eigenvalue weighted by molar-refractivity contribution is -0.135. The molecule has 2 N–H and O–H groups in total. The zero-order chi connectivity index (χ0) is 16.7. The number of unbranched alkanes of at least 4 members (excludes halogenated alkanes) is 10. The van der Waals surface area contributed by atoms with E-state index in [4.69, 9.17) is 5.11 Å². The Morgan fingerprint density at radius 3 is 1.95 bits per heavy atom. The summed E-state index contributed by atoms with van der Waals surface area (Å²) in [5, 5.41) is 9.46. The van der Waals surface area contributed by atoms with Crippen LogP contribution in [0, 0.1) is 0 Å². The highest BCUT2D eigenvalue weighted by atomic mass is 32.2. The molecule has 0 bridgehead atoms. The molecule has 0 aliphatic heterocycles. The summed E-state index contributed by atoms with van der Waals surface area (Å²) in [6.45, 7) is 1.65. The fraction of sp³-hybridized carbons (Fsp3) is 0.812. The van der Waals surface area contributed by atoms with Gasteiger partial charge in [-0.05, 0) is 12.8 Å². The van der Waals surface area contributed by atoms with Crippen molar-refractivity contribution in [3.63, 3.8) is 0 Å². The fourth-order valence-corrected chi connectivity index (χ4v) is 2.97. The first-order chi connectivity index (χ1) is 10.5. The normalized spacial score (nSPS) is 12.0. The third kappa shape index (κ3) is 15.5. The molecule has 0 unspecified atom stereocenters. The Morgan fingerprint density at radius 2 is 1.45 bits per heavy atom. The quantitative estimate of drug-likeness (QED) is 0.446. The van der Waals surface area contributed by atoms with Crippen molar-refractivity contribution < 1.29 is 18.3 Å². The molecular weight excluding hydrogens is 302 g/mol. The lowest BCUT2D eigenvalue weighted by Gasteiger charge is -2.01. The fourth-order valence-electron chi connectivity index (χ4n) is 2.15. The maximum absolute atomic E-state index is 11.4. The summed E-state index contributed by atoms with van der Waals surface area (Å²) >= 11 is 0. The molecule has 0 rings (SSSR count). The van der Waals surface area contributed by atoms with Crippen molar-refractivity contribution in [2.75, 3.05) is 6.54 Å². The number of aliphatic carboxylic acids is 1. The third-order valence-electron chi connectivity index (χ3n) is 3.42. The molecule has 0 amide bonds. The van der Waals surface area contributed by atoms with Gasteiger partial charge in [-0.25, -0.2) is 13.1 Å². The molecule has 0 aromatic carbocycles. The third-order valence-corrected chi connectivity index (χ3v) is 4.52. The van der Waals surface area contributed by atoms with E-state index < -0.39 is 22.5 Å². The Balaban J connectivity index is 3.45. The molecule has 0 aliphatic carbocycles. The minimum atomic E-state index is -3.60. The van der Waals surface area contributed by atoms with Gasteiger partial charge in [-0.15, -0.1) is 0 Å². The first-order valence-electron chi connectivity index (χ1n) is 8.36. The highest BCUT2D eigenvalue weighted by molar-refractivity contribution is 7.92. The molecule has 0 spiro atoms. The molecule has 0 atom stereocenters. The number of rotatable bonds is 15. The molecule has 22 heavy (non-hydrogen) atoms. The van der Waals surface area contributed by atoms with Crippen molar-refractivity contribution in [2.24, 2.45) is 0 Å². The first-order valence-corrected chi connectivity index (χ1v) is 9.90. The Morgan fingerprint density at radius 1 is 0.955 bits per heavy atom. The van der Waals surface area contributed by atoms with Crippen molar-refractivity contribution in [2.45, 2.75) is 77.6 Å². The van der Waals surface area contributed by atoms with E-state index in [2.05, 4.69) is 6.92 Å². The van der Waals surface area contributed by atoms with Gasteiger partial charge in [0.25, 0.3) is 0 Å². The van der Waals surface area contributed by atoms with Crippen molar-refractivity contribution in [3.8, 4) is 0 Å². The molecule has 0 saturated carbocycles. The summed E-state index contributed by atoms with van der Waals surface area (Å²) in [4.78, 5) is 10.3. The van der Waals surface area contributed by atoms with Crippen LogP contribution in [0.25, 0.3) is 0 Å². The van der Waals surface area contributed by atoms with Gasteiger partial charge in [0.2, 0.25) is 10.0 Å². The van der Waals surface area contributed by atoms with E-state index in [1.807, 2.05) is 4.72 Å². The minimum Gasteiger partial charge on any atom is -0.480 e. The average Bonchev–Trinajstić information content (AvgIpc) is 2.46. The van der Waals surface area contributed by atoms with Gasteiger partial charge in [-0.1, -0.05) is 70.8 Å². The lowest BCUT2D eigenvalue weighted by Crippen LogP contribution is -2.27. The van der Waals surface area contributed by atoms with Crippen LogP contribution in [0.5, 0.6) is 0 Å². The average molecular weight is 333 g/mol. The highest BCUT2D eigenvalue weighted by Gasteiger charge is 2.06. The number of sulfonamides is 1. The van der Waals surface area contributed by atoms with Gasteiger partial charge in [0.1, 0.15) is 6.54 Å². The van der Waals surface area contributed by atoms with E-state index in [9.17, 15) is 13.2 Å². The second-order valence-electron chi connectivity index (χ2n) is 5.60. The van der Waals surface area contributed by atoms with E-state index in [0.29, 0.717) is 6.42 Å². The Labute approximate surface area is 135 Å². The summed E-state index contributed by atoms with van der Waals surface area (Å²) in [6.07, 6.45) is 14.8. The molecule has 6 heteroatoms. The van der Waals surface area contributed by atoms with E-state index in [1.165, 1.54) is 51.4 Å². The topological polar surface area (TPSA) is 83.5 Å². The summed E-state index contributed by atoms with van der Waals surface area (Å²) in [5.74, 6) is -1.19. The summed E-state index contributed by atoms with van der Waals surface area (Å²) in [5.41, 5.74) is 0. The van der Waals surface area contributed by atoms with Gasteiger partial charge >= 0.3 is 5.97 Å². The van der Waals surface area contributed by atoms with E-state index in [-0.39, 0.29) is 0 Å². The number of carboxylic acid groups (broad SMARTS) is 1. The van der Waals surface area contributed by atoms with Gasteiger partial charge in [0.05, 0.1) is 0 Å². The Bertz CT molecular complexity index is 404. The van der Waals surface area contributed by atoms with Crippen molar-refractivity contribution >= 4 is 16.0 Å². The van der Waals surface area contributed by atoms with Crippen LogP contribution in [-0.4, -0.2) is 26.0 Å². The molecule has 130 valence electrons. The van der Waals surface area contributed by atoms with Crippen LogP contribution in [0.4, 0.5) is 0 Å². The smallest absolute Gasteiger partial charge is 0.318 e. The van der Waals surface area contributed by atoms with Gasteiger partial charge < -0.3 is 5.11 Å². The summed E-state index contributed by atoms with van der Waals surface area (Å²) < 4.78 is 24.7. The SMILES string of the molecule is CCCCCCCCCCCC/C=C/S(=O)(=O)NCC(=O)O. The molecule has 0 radical (unpaired) electrons. The molecule has 0 aromatic rings. The van der Waals surface area contributed by atoms with Crippen molar-refractivity contribution in [1.82, 2.24) is 4.72 Å². The number of hydrogen-bond acceptors (Lipinski definition) is 3. The maximum Gasteiger partial charge on any atom is 0.318 e. The van der Waals surface area contributed by atoms with Crippen LogP contribution >= 0.6 is 0 Å². The van der Waals surface area contributed by atoms with Gasteiger partial charge in [0.15, 0.2) is 0 Å². The minimum absolute atomic E-state index is 0.578. The molecule has 0 saturated heterocycles. The van der Waals surface area contributed by atoms with E-state index in [1.54, 1.807) is 6.08 Å². The number of carboxylic acids is 1.